The van der Waals surface area contributed by atoms with Crippen LogP contribution < -0.4 is 5.56 Å². The Kier molecular flexibility index (Phi) is 5.46. The molecule has 0 spiro atoms. The first-order valence-corrected chi connectivity index (χ1v) is 12.3. The number of aromatic nitrogens is 4. The van der Waals surface area contributed by atoms with Crippen LogP contribution in [0, 0.1) is 0 Å². The summed E-state index contributed by atoms with van der Waals surface area (Å²) in [5, 5.41) is 13.1. The van der Waals surface area contributed by atoms with Gasteiger partial charge in [-0.3, -0.25) is 4.79 Å². The Labute approximate surface area is 170 Å². The molecule has 0 aliphatic carbocycles. The lowest BCUT2D eigenvalue weighted by atomic mass is 10.2. The second-order valence-corrected chi connectivity index (χ2v) is 11.2. The van der Waals surface area contributed by atoms with Gasteiger partial charge in [0.25, 0.3) is 5.56 Å². The minimum atomic E-state index is -0.0819. The Morgan fingerprint density at radius 1 is 1.27 bits per heavy atom. The van der Waals surface area contributed by atoms with Crippen molar-refractivity contribution in [1.29, 1.82) is 0 Å². The maximum atomic E-state index is 12.7. The molecule has 0 aromatic carbocycles. The van der Waals surface area contributed by atoms with Crippen LogP contribution in [-0.4, -0.2) is 25.9 Å². The van der Waals surface area contributed by atoms with Crippen molar-refractivity contribution in [2.75, 3.05) is 5.75 Å². The summed E-state index contributed by atoms with van der Waals surface area (Å²) in [6.45, 7) is 4.12. The molecule has 26 heavy (non-hydrogen) atoms. The van der Waals surface area contributed by atoms with E-state index < -0.39 is 0 Å². The van der Waals surface area contributed by atoms with E-state index in [1.165, 1.54) is 11.3 Å². The Balaban J connectivity index is 1.63. The Morgan fingerprint density at radius 2 is 2.12 bits per heavy atom. The second kappa shape index (κ2) is 7.81. The molecule has 4 aromatic heterocycles. The van der Waals surface area contributed by atoms with Crippen LogP contribution in [0.1, 0.15) is 24.9 Å². The molecule has 0 fully saturated rings. The summed E-state index contributed by atoms with van der Waals surface area (Å²) in [7, 11) is 0. The van der Waals surface area contributed by atoms with Crippen LogP contribution in [0.15, 0.2) is 36.4 Å². The predicted octanol–water partition coefficient (Wildman–Crippen LogP) is 5.53. The molecule has 0 amide bonds. The minimum Gasteiger partial charge on any atom is -0.309 e. The van der Waals surface area contributed by atoms with E-state index in [1.54, 1.807) is 46.2 Å². The average molecular weight is 439 g/mol. The first kappa shape index (κ1) is 18.2. The highest BCUT2D eigenvalue weighted by Crippen LogP contribution is 2.38. The molecule has 134 valence electrons. The highest BCUT2D eigenvalue weighted by atomic mass is 32.2. The summed E-state index contributed by atoms with van der Waals surface area (Å²) < 4.78 is 1.86. The van der Waals surface area contributed by atoms with Crippen molar-refractivity contribution in [3.05, 3.63) is 39.1 Å². The molecule has 0 aliphatic heterocycles. The van der Waals surface area contributed by atoms with E-state index in [9.17, 15) is 4.79 Å². The van der Waals surface area contributed by atoms with Crippen molar-refractivity contribution in [3.8, 4) is 10.4 Å². The molecular weight excluding hydrogens is 425 g/mol. The molecule has 4 heterocycles. The maximum Gasteiger partial charge on any atom is 0.260 e. The third-order valence-corrected chi connectivity index (χ3v) is 8.47. The van der Waals surface area contributed by atoms with E-state index in [0.29, 0.717) is 11.2 Å². The number of aromatic amines is 1. The largest absolute Gasteiger partial charge is 0.309 e. The van der Waals surface area contributed by atoms with Gasteiger partial charge in [-0.2, -0.15) is 0 Å². The number of hydrogen-bond acceptors (Lipinski definition) is 9. The maximum absolute atomic E-state index is 12.7. The number of thiophene rings is 2. The quantitative estimate of drug-likeness (QED) is 0.399. The fraction of sp³-hybridized carbons (Fsp3) is 0.250. The molecule has 0 saturated heterocycles. The zero-order chi connectivity index (χ0) is 18.1. The third-order valence-electron chi connectivity index (χ3n) is 3.57. The van der Waals surface area contributed by atoms with Crippen molar-refractivity contribution in [1.82, 2.24) is 20.2 Å². The van der Waals surface area contributed by atoms with Crippen LogP contribution in [-0.2, 0) is 0 Å². The standard InChI is InChI=1S/C16H14N4OS5/c1-3-22-15-19-20-16(26-15)25-8(2)12-17-13(21)11-9(7-24-14(11)18-12)10-5-4-6-23-10/h4-8H,3H2,1-2H3,(H,17,18,21). The second-order valence-electron chi connectivity index (χ2n) is 5.28. The Morgan fingerprint density at radius 3 is 2.88 bits per heavy atom. The van der Waals surface area contributed by atoms with Crippen molar-refractivity contribution in [2.24, 2.45) is 0 Å². The number of nitrogens with zero attached hydrogens (tertiary/aromatic N) is 3. The van der Waals surface area contributed by atoms with Crippen molar-refractivity contribution in [3.63, 3.8) is 0 Å². The molecule has 4 rings (SSSR count). The van der Waals surface area contributed by atoms with Gasteiger partial charge in [0.1, 0.15) is 10.7 Å². The number of fused-ring (bicyclic) bond motifs is 1. The first-order valence-electron chi connectivity index (χ1n) is 7.84. The van der Waals surface area contributed by atoms with Crippen LogP contribution in [0.2, 0.25) is 0 Å². The normalized spacial score (nSPS) is 12.7. The molecule has 1 N–H and O–H groups in total. The number of thioether (sulfide) groups is 2. The summed E-state index contributed by atoms with van der Waals surface area (Å²) in [4.78, 5) is 22.2. The van der Waals surface area contributed by atoms with E-state index in [0.717, 1.165) is 29.7 Å². The lowest BCUT2D eigenvalue weighted by molar-refractivity contribution is 0.913. The number of rotatable bonds is 6. The van der Waals surface area contributed by atoms with Gasteiger partial charge in [0.2, 0.25) is 0 Å². The zero-order valence-corrected chi connectivity index (χ0v) is 18.0. The van der Waals surface area contributed by atoms with E-state index in [4.69, 9.17) is 4.98 Å². The Bertz CT molecular complexity index is 1080. The monoisotopic (exact) mass is 438 g/mol. The number of H-pyrrole nitrogens is 1. The molecule has 10 heteroatoms. The summed E-state index contributed by atoms with van der Waals surface area (Å²) in [6, 6.07) is 4.02. The van der Waals surface area contributed by atoms with Crippen LogP contribution in [0.25, 0.3) is 20.7 Å². The summed E-state index contributed by atoms with van der Waals surface area (Å²) in [6.07, 6.45) is 0. The van der Waals surface area contributed by atoms with Crippen molar-refractivity contribution >= 4 is 67.8 Å². The first-order chi connectivity index (χ1) is 12.7. The molecule has 5 nitrogen and oxygen atoms in total. The van der Waals surface area contributed by atoms with Gasteiger partial charge in [0.05, 0.1) is 10.6 Å². The SMILES string of the molecule is CCSc1nnc(SC(C)c2nc3scc(-c4cccs4)c3c(=O)[nH]2)s1. The van der Waals surface area contributed by atoms with Crippen molar-refractivity contribution < 1.29 is 0 Å². The number of nitrogens with one attached hydrogen (secondary N) is 1. The van der Waals surface area contributed by atoms with Gasteiger partial charge in [0.15, 0.2) is 8.68 Å². The fourth-order valence-corrected chi connectivity index (χ4v) is 7.29. The van der Waals surface area contributed by atoms with Gasteiger partial charge >= 0.3 is 0 Å². The highest BCUT2D eigenvalue weighted by molar-refractivity contribution is 8.03. The Hall–Kier alpha value is -1.20. The van der Waals surface area contributed by atoms with Crippen LogP contribution >= 0.6 is 57.5 Å². The fourth-order valence-electron chi connectivity index (χ4n) is 2.40. The summed E-state index contributed by atoms with van der Waals surface area (Å²) in [5.41, 5.74) is 0.882. The molecule has 0 aliphatic rings. The topological polar surface area (TPSA) is 71.5 Å². The smallest absolute Gasteiger partial charge is 0.260 e. The molecule has 0 bridgehead atoms. The van der Waals surface area contributed by atoms with Gasteiger partial charge in [-0.1, -0.05) is 47.9 Å². The van der Waals surface area contributed by atoms with E-state index >= 15 is 0 Å². The van der Waals surface area contributed by atoms with Gasteiger partial charge in [-0.05, 0) is 24.1 Å². The molecule has 0 radical (unpaired) electrons. The molecule has 4 aromatic rings. The van der Waals surface area contributed by atoms with Crippen LogP contribution in [0.3, 0.4) is 0 Å². The van der Waals surface area contributed by atoms with E-state index in [2.05, 4.69) is 22.1 Å². The van der Waals surface area contributed by atoms with Crippen LogP contribution in [0.5, 0.6) is 0 Å². The zero-order valence-electron chi connectivity index (χ0n) is 13.9. The minimum absolute atomic E-state index is 0.00758. The third kappa shape index (κ3) is 3.61. The van der Waals surface area contributed by atoms with Gasteiger partial charge in [-0.25, -0.2) is 4.98 Å². The van der Waals surface area contributed by atoms with E-state index in [1.807, 2.05) is 29.8 Å². The molecule has 1 unspecified atom stereocenters. The highest BCUT2D eigenvalue weighted by Gasteiger charge is 2.18. The summed E-state index contributed by atoms with van der Waals surface area (Å²) in [5.74, 6) is 1.65. The average Bonchev–Trinajstić information content (AvgIpc) is 3.34. The van der Waals surface area contributed by atoms with Crippen molar-refractivity contribution in [2.45, 2.75) is 27.8 Å². The van der Waals surface area contributed by atoms with Gasteiger partial charge in [0, 0.05) is 15.8 Å². The van der Waals surface area contributed by atoms with Gasteiger partial charge < -0.3 is 4.98 Å². The predicted molar refractivity (Wildman–Crippen MR) is 114 cm³/mol. The lowest BCUT2D eigenvalue weighted by Gasteiger charge is -2.08. The molecular formula is C16H14N4OS5. The van der Waals surface area contributed by atoms with E-state index in [-0.39, 0.29) is 10.8 Å². The number of hydrogen-bond donors (Lipinski definition) is 1. The van der Waals surface area contributed by atoms with Gasteiger partial charge in [-0.15, -0.1) is 32.9 Å². The lowest BCUT2D eigenvalue weighted by Crippen LogP contribution is -2.12. The molecule has 0 saturated carbocycles. The van der Waals surface area contributed by atoms with Crippen LogP contribution in [0.4, 0.5) is 0 Å². The summed E-state index contributed by atoms with van der Waals surface area (Å²) >= 11 is 7.98. The molecule has 1 atom stereocenters.